The zero-order valence-electron chi connectivity index (χ0n) is 21.9. The van der Waals surface area contributed by atoms with E-state index in [9.17, 15) is 18.0 Å². The highest BCUT2D eigenvalue weighted by Gasteiger charge is 2.33. The highest BCUT2D eigenvalue weighted by atomic mass is 32.2. The lowest BCUT2D eigenvalue weighted by atomic mass is 10.1. The molecule has 0 heterocycles. The van der Waals surface area contributed by atoms with E-state index in [2.05, 4.69) is 5.32 Å². The number of carbonyl (C=O) groups is 2. The Morgan fingerprint density at radius 3 is 2.08 bits per heavy atom. The van der Waals surface area contributed by atoms with Gasteiger partial charge in [0.2, 0.25) is 11.8 Å². The SMILES string of the molecule is Cc1ccc(N(CC(=O)N(Cc2ccccc2)[C@H](C)C(=O)NC2CCCC2)S(=O)(=O)c2ccccc2)cc1. The van der Waals surface area contributed by atoms with Gasteiger partial charge in [0.1, 0.15) is 12.6 Å². The normalized spacial score (nSPS) is 14.6. The van der Waals surface area contributed by atoms with E-state index in [1.54, 1.807) is 37.3 Å². The average molecular weight is 534 g/mol. The number of hydrogen-bond acceptors (Lipinski definition) is 4. The number of carbonyl (C=O) groups excluding carboxylic acids is 2. The Morgan fingerprint density at radius 2 is 1.47 bits per heavy atom. The third-order valence-electron chi connectivity index (χ3n) is 7.00. The molecule has 3 aromatic rings. The molecule has 4 rings (SSSR count). The smallest absolute Gasteiger partial charge is 0.264 e. The third-order valence-corrected chi connectivity index (χ3v) is 8.78. The second-order valence-corrected chi connectivity index (χ2v) is 11.7. The summed E-state index contributed by atoms with van der Waals surface area (Å²) in [4.78, 5) is 28.7. The van der Waals surface area contributed by atoms with Crippen molar-refractivity contribution in [3.63, 3.8) is 0 Å². The van der Waals surface area contributed by atoms with Gasteiger partial charge in [-0.05, 0) is 56.5 Å². The van der Waals surface area contributed by atoms with Crippen molar-refractivity contribution in [1.29, 1.82) is 0 Å². The molecule has 8 heteroatoms. The van der Waals surface area contributed by atoms with Crippen LogP contribution in [0.4, 0.5) is 5.69 Å². The third kappa shape index (κ3) is 6.61. The van der Waals surface area contributed by atoms with Gasteiger partial charge < -0.3 is 10.2 Å². The minimum atomic E-state index is -4.05. The predicted molar refractivity (Wildman–Crippen MR) is 149 cm³/mol. The molecule has 1 aliphatic rings. The minimum absolute atomic E-state index is 0.0926. The number of amides is 2. The van der Waals surface area contributed by atoms with Crippen LogP contribution in [-0.2, 0) is 26.2 Å². The number of anilines is 1. The van der Waals surface area contributed by atoms with E-state index in [1.807, 2.05) is 49.4 Å². The largest absolute Gasteiger partial charge is 0.352 e. The Kier molecular flexibility index (Phi) is 8.84. The molecular formula is C30H35N3O4S. The summed E-state index contributed by atoms with van der Waals surface area (Å²) in [5.74, 6) is -0.683. The second kappa shape index (κ2) is 12.3. The van der Waals surface area contributed by atoms with Crippen molar-refractivity contribution in [2.24, 2.45) is 0 Å². The number of sulfonamides is 1. The second-order valence-electron chi connectivity index (χ2n) is 9.83. The molecule has 1 atom stereocenters. The van der Waals surface area contributed by atoms with Gasteiger partial charge in [0.25, 0.3) is 10.0 Å². The summed E-state index contributed by atoms with van der Waals surface area (Å²) in [6, 6.07) is 23.8. The van der Waals surface area contributed by atoms with Gasteiger partial charge in [0.15, 0.2) is 0 Å². The van der Waals surface area contributed by atoms with Gasteiger partial charge >= 0.3 is 0 Å². The van der Waals surface area contributed by atoms with Crippen LogP contribution >= 0.6 is 0 Å². The summed E-state index contributed by atoms with van der Waals surface area (Å²) in [6.45, 7) is 3.37. The maximum Gasteiger partial charge on any atom is 0.264 e. The van der Waals surface area contributed by atoms with Crippen molar-refractivity contribution in [2.75, 3.05) is 10.8 Å². The fourth-order valence-corrected chi connectivity index (χ4v) is 6.15. The molecule has 0 radical (unpaired) electrons. The van der Waals surface area contributed by atoms with Crippen LogP contribution in [0.25, 0.3) is 0 Å². The van der Waals surface area contributed by atoms with Crippen molar-refractivity contribution < 1.29 is 18.0 Å². The number of aryl methyl sites for hydroxylation is 1. The van der Waals surface area contributed by atoms with E-state index in [0.29, 0.717) is 5.69 Å². The van der Waals surface area contributed by atoms with Crippen LogP contribution in [0, 0.1) is 6.92 Å². The summed E-state index contributed by atoms with van der Waals surface area (Å²) < 4.78 is 28.6. The van der Waals surface area contributed by atoms with Crippen molar-refractivity contribution in [1.82, 2.24) is 10.2 Å². The molecule has 0 unspecified atom stereocenters. The van der Waals surface area contributed by atoms with Crippen LogP contribution in [0.1, 0.15) is 43.7 Å². The van der Waals surface area contributed by atoms with Gasteiger partial charge in [0, 0.05) is 12.6 Å². The van der Waals surface area contributed by atoms with E-state index >= 15 is 0 Å². The van der Waals surface area contributed by atoms with Crippen LogP contribution in [-0.4, -0.2) is 43.8 Å². The molecular weight excluding hydrogens is 498 g/mol. The topological polar surface area (TPSA) is 86.8 Å². The number of benzene rings is 3. The Labute approximate surface area is 225 Å². The van der Waals surface area contributed by atoms with Gasteiger partial charge in [-0.3, -0.25) is 13.9 Å². The van der Waals surface area contributed by atoms with Gasteiger partial charge in [-0.15, -0.1) is 0 Å². The van der Waals surface area contributed by atoms with Gasteiger partial charge in [-0.1, -0.05) is 79.1 Å². The summed E-state index contributed by atoms with van der Waals surface area (Å²) in [5.41, 5.74) is 2.21. The standard InChI is InChI=1S/C30H35N3O4S/c1-23-17-19-27(20-18-23)33(38(36,37)28-15-7-4-8-16-28)22-29(34)32(21-25-11-5-3-6-12-25)24(2)30(35)31-26-13-9-10-14-26/h3-8,11-12,15-20,24,26H,9-10,13-14,21-22H2,1-2H3,(H,31,35)/t24-/m1/s1. The lowest BCUT2D eigenvalue weighted by molar-refractivity contribution is -0.139. The summed E-state index contributed by atoms with van der Waals surface area (Å²) in [7, 11) is -4.05. The fourth-order valence-electron chi connectivity index (χ4n) is 4.71. The van der Waals surface area contributed by atoms with Crippen LogP contribution in [0.3, 0.4) is 0 Å². The molecule has 7 nitrogen and oxygen atoms in total. The predicted octanol–water partition coefficient (Wildman–Crippen LogP) is 4.67. The zero-order valence-corrected chi connectivity index (χ0v) is 22.7. The summed E-state index contributed by atoms with van der Waals surface area (Å²) in [5, 5.41) is 3.08. The molecule has 1 N–H and O–H groups in total. The van der Waals surface area contributed by atoms with Gasteiger partial charge in [-0.25, -0.2) is 8.42 Å². The van der Waals surface area contributed by atoms with Crippen molar-refractivity contribution in [2.45, 2.75) is 63.1 Å². The highest BCUT2D eigenvalue weighted by molar-refractivity contribution is 7.92. The Hall–Kier alpha value is -3.65. The molecule has 0 bridgehead atoms. The first-order chi connectivity index (χ1) is 18.3. The molecule has 0 aliphatic heterocycles. The van der Waals surface area contributed by atoms with Crippen molar-refractivity contribution in [3.8, 4) is 0 Å². The first-order valence-corrected chi connectivity index (χ1v) is 14.5. The first kappa shape index (κ1) is 27.4. The maximum atomic E-state index is 13.9. The average Bonchev–Trinajstić information content (AvgIpc) is 3.44. The van der Waals surface area contributed by atoms with Crippen molar-refractivity contribution >= 4 is 27.5 Å². The number of nitrogens with zero attached hydrogens (tertiary/aromatic N) is 2. The Morgan fingerprint density at radius 1 is 0.895 bits per heavy atom. The molecule has 2 amide bonds. The minimum Gasteiger partial charge on any atom is -0.352 e. The Bertz CT molecular complexity index is 1320. The number of nitrogens with one attached hydrogen (secondary N) is 1. The van der Waals surface area contributed by atoms with E-state index in [4.69, 9.17) is 0 Å². The van der Waals surface area contributed by atoms with Gasteiger partial charge in [-0.2, -0.15) is 0 Å². The molecule has 1 saturated carbocycles. The number of rotatable bonds is 10. The van der Waals surface area contributed by atoms with E-state index in [0.717, 1.165) is 41.1 Å². The molecule has 200 valence electrons. The van der Waals surface area contributed by atoms with Crippen LogP contribution < -0.4 is 9.62 Å². The molecule has 1 aliphatic carbocycles. The van der Waals surface area contributed by atoms with Crippen molar-refractivity contribution in [3.05, 3.63) is 96.1 Å². The molecule has 1 fully saturated rings. The molecule has 0 saturated heterocycles. The zero-order chi connectivity index (χ0) is 27.1. The number of hydrogen-bond donors (Lipinski definition) is 1. The lowest BCUT2D eigenvalue weighted by Crippen LogP contribution is -2.52. The molecule has 0 aromatic heterocycles. The monoisotopic (exact) mass is 533 g/mol. The summed E-state index contributed by atoms with van der Waals surface area (Å²) >= 11 is 0. The molecule has 0 spiro atoms. The van der Waals surface area contributed by atoms with E-state index in [-0.39, 0.29) is 23.4 Å². The van der Waals surface area contributed by atoms with E-state index < -0.39 is 28.5 Å². The van der Waals surface area contributed by atoms with Gasteiger partial charge in [0.05, 0.1) is 10.6 Å². The highest BCUT2D eigenvalue weighted by Crippen LogP contribution is 2.25. The maximum absolute atomic E-state index is 13.9. The van der Waals surface area contributed by atoms with E-state index in [1.165, 1.54) is 17.0 Å². The fraction of sp³-hybridized carbons (Fsp3) is 0.333. The Balaban J connectivity index is 1.65. The van der Waals surface area contributed by atoms with Crippen LogP contribution in [0.15, 0.2) is 89.8 Å². The lowest BCUT2D eigenvalue weighted by Gasteiger charge is -2.32. The van der Waals surface area contributed by atoms with Crippen LogP contribution in [0.2, 0.25) is 0 Å². The first-order valence-electron chi connectivity index (χ1n) is 13.0. The molecule has 3 aromatic carbocycles. The molecule has 38 heavy (non-hydrogen) atoms. The quantitative estimate of drug-likeness (QED) is 0.411. The van der Waals surface area contributed by atoms with Crippen LogP contribution in [0.5, 0.6) is 0 Å². The summed E-state index contributed by atoms with van der Waals surface area (Å²) in [6.07, 6.45) is 4.02.